The molecule has 72 valence electrons. The van der Waals surface area contributed by atoms with Crippen LogP contribution in [-0.2, 0) is 6.42 Å². The van der Waals surface area contributed by atoms with Gasteiger partial charge in [-0.05, 0) is 36.0 Å². The van der Waals surface area contributed by atoms with Gasteiger partial charge in [0.15, 0.2) is 0 Å². The van der Waals surface area contributed by atoms with Gasteiger partial charge in [-0.25, -0.2) is 0 Å². The van der Waals surface area contributed by atoms with E-state index in [1.54, 1.807) is 0 Å². The third-order valence-corrected chi connectivity index (χ3v) is 3.14. The Balaban J connectivity index is 2.59. The van der Waals surface area contributed by atoms with Crippen LogP contribution in [0, 0.1) is 11.8 Å². The van der Waals surface area contributed by atoms with Crippen molar-refractivity contribution in [3.05, 3.63) is 34.3 Å². The molecule has 0 bridgehead atoms. The van der Waals surface area contributed by atoms with Gasteiger partial charge in [-0.3, -0.25) is 0 Å². The Hall–Kier alpha value is -0.300. The molecule has 1 atom stereocenters. The second-order valence-electron chi connectivity index (χ2n) is 4.05. The summed E-state index contributed by atoms with van der Waals surface area (Å²) < 4.78 is 1.16. The van der Waals surface area contributed by atoms with Gasteiger partial charge in [0.2, 0.25) is 0 Å². The molecule has 0 saturated heterocycles. The lowest BCUT2D eigenvalue weighted by atomic mass is 9.91. The van der Waals surface area contributed by atoms with Gasteiger partial charge in [0, 0.05) is 4.47 Å². The van der Waals surface area contributed by atoms with E-state index in [1.165, 1.54) is 12.0 Å². The Labute approximate surface area is 89.5 Å². The lowest BCUT2D eigenvalue weighted by molar-refractivity contribution is 0.417. The molecule has 0 fully saturated rings. The van der Waals surface area contributed by atoms with E-state index in [4.69, 9.17) is 0 Å². The maximum absolute atomic E-state index is 3.44. The predicted molar refractivity (Wildman–Crippen MR) is 61.8 cm³/mol. The zero-order chi connectivity index (χ0) is 9.84. The summed E-state index contributed by atoms with van der Waals surface area (Å²) in [5, 5.41) is 0. The van der Waals surface area contributed by atoms with Crippen LogP contribution in [0.2, 0.25) is 0 Å². The van der Waals surface area contributed by atoms with Gasteiger partial charge in [-0.15, -0.1) is 0 Å². The highest BCUT2D eigenvalue weighted by Crippen LogP contribution is 2.18. The average molecular weight is 241 g/mol. The normalized spacial score (nSPS) is 13.3. The fourth-order valence-electron chi connectivity index (χ4n) is 1.23. The largest absolute Gasteiger partial charge is 0.0625 e. The Morgan fingerprint density at radius 1 is 1.08 bits per heavy atom. The molecule has 0 aromatic heterocycles. The van der Waals surface area contributed by atoms with Crippen molar-refractivity contribution in [1.29, 1.82) is 0 Å². The fourth-order valence-corrected chi connectivity index (χ4v) is 1.49. The molecule has 1 heteroatoms. The highest BCUT2D eigenvalue weighted by molar-refractivity contribution is 9.10. The van der Waals surface area contributed by atoms with E-state index in [2.05, 4.69) is 61.0 Å². The molecule has 0 spiro atoms. The van der Waals surface area contributed by atoms with E-state index in [1.807, 2.05) is 0 Å². The second-order valence-corrected chi connectivity index (χ2v) is 4.97. The second kappa shape index (κ2) is 4.80. The quantitative estimate of drug-likeness (QED) is 0.740. The van der Waals surface area contributed by atoms with Crippen molar-refractivity contribution in [3.8, 4) is 0 Å². The first kappa shape index (κ1) is 10.8. The summed E-state index contributed by atoms with van der Waals surface area (Å²) in [4.78, 5) is 0. The van der Waals surface area contributed by atoms with E-state index >= 15 is 0 Å². The van der Waals surface area contributed by atoms with Crippen molar-refractivity contribution in [2.24, 2.45) is 11.8 Å². The van der Waals surface area contributed by atoms with Gasteiger partial charge in [0.05, 0.1) is 0 Å². The average Bonchev–Trinajstić information content (AvgIpc) is 2.08. The summed E-state index contributed by atoms with van der Waals surface area (Å²) >= 11 is 3.44. The maximum atomic E-state index is 3.44. The van der Waals surface area contributed by atoms with E-state index in [0.717, 1.165) is 16.3 Å². The molecular formula is C12H17Br. The molecule has 0 saturated carbocycles. The van der Waals surface area contributed by atoms with Gasteiger partial charge in [-0.2, -0.15) is 0 Å². The standard InChI is InChI=1S/C12H17Br/c1-9(2)10(3)8-11-4-6-12(13)7-5-11/h4-7,9-10H,8H2,1-3H3. The lowest BCUT2D eigenvalue weighted by Crippen LogP contribution is -2.07. The summed E-state index contributed by atoms with van der Waals surface area (Å²) in [6, 6.07) is 8.62. The highest BCUT2D eigenvalue weighted by atomic mass is 79.9. The van der Waals surface area contributed by atoms with E-state index in [9.17, 15) is 0 Å². The Kier molecular flexibility index (Phi) is 3.98. The van der Waals surface area contributed by atoms with Crippen LogP contribution in [0.15, 0.2) is 28.7 Å². The van der Waals surface area contributed by atoms with Crippen LogP contribution in [-0.4, -0.2) is 0 Å². The van der Waals surface area contributed by atoms with Gasteiger partial charge in [-0.1, -0.05) is 48.8 Å². The topological polar surface area (TPSA) is 0 Å². The van der Waals surface area contributed by atoms with Crippen LogP contribution in [0.25, 0.3) is 0 Å². The third kappa shape index (κ3) is 3.51. The van der Waals surface area contributed by atoms with E-state index in [-0.39, 0.29) is 0 Å². The Morgan fingerprint density at radius 3 is 2.08 bits per heavy atom. The predicted octanol–water partition coefficient (Wildman–Crippen LogP) is 4.28. The van der Waals surface area contributed by atoms with Crippen LogP contribution in [0.1, 0.15) is 26.3 Å². The monoisotopic (exact) mass is 240 g/mol. The lowest BCUT2D eigenvalue weighted by Gasteiger charge is -2.15. The number of rotatable bonds is 3. The van der Waals surface area contributed by atoms with E-state index < -0.39 is 0 Å². The number of benzene rings is 1. The number of hydrogen-bond donors (Lipinski definition) is 0. The van der Waals surface area contributed by atoms with Gasteiger partial charge >= 0.3 is 0 Å². The van der Waals surface area contributed by atoms with Crippen LogP contribution in [0.3, 0.4) is 0 Å². The first-order valence-electron chi connectivity index (χ1n) is 4.84. The van der Waals surface area contributed by atoms with Gasteiger partial charge < -0.3 is 0 Å². The van der Waals surface area contributed by atoms with Crippen LogP contribution >= 0.6 is 15.9 Å². The minimum atomic E-state index is 0.765. The fraction of sp³-hybridized carbons (Fsp3) is 0.500. The molecule has 0 N–H and O–H groups in total. The molecule has 1 aromatic rings. The van der Waals surface area contributed by atoms with Crippen molar-refractivity contribution in [2.45, 2.75) is 27.2 Å². The minimum Gasteiger partial charge on any atom is -0.0625 e. The van der Waals surface area contributed by atoms with Crippen LogP contribution < -0.4 is 0 Å². The first-order chi connectivity index (χ1) is 6.09. The Bertz CT molecular complexity index is 248. The number of halogens is 1. The number of hydrogen-bond acceptors (Lipinski definition) is 0. The van der Waals surface area contributed by atoms with E-state index in [0.29, 0.717) is 0 Å². The van der Waals surface area contributed by atoms with Crippen molar-refractivity contribution in [2.75, 3.05) is 0 Å². The first-order valence-corrected chi connectivity index (χ1v) is 5.63. The van der Waals surface area contributed by atoms with Gasteiger partial charge in [0.25, 0.3) is 0 Å². The molecule has 0 aliphatic heterocycles. The van der Waals surface area contributed by atoms with Crippen molar-refractivity contribution < 1.29 is 0 Å². The zero-order valence-corrected chi connectivity index (χ0v) is 10.1. The molecule has 0 nitrogen and oxygen atoms in total. The summed E-state index contributed by atoms with van der Waals surface area (Å²) in [6.07, 6.45) is 1.19. The summed E-state index contributed by atoms with van der Waals surface area (Å²) in [5.41, 5.74) is 1.43. The van der Waals surface area contributed by atoms with Crippen LogP contribution in [0.4, 0.5) is 0 Å². The summed E-state index contributed by atoms with van der Waals surface area (Å²) in [6.45, 7) is 6.87. The SMILES string of the molecule is CC(C)C(C)Cc1ccc(Br)cc1. The highest BCUT2D eigenvalue weighted by Gasteiger charge is 2.07. The molecule has 0 heterocycles. The van der Waals surface area contributed by atoms with Gasteiger partial charge in [0.1, 0.15) is 0 Å². The van der Waals surface area contributed by atoms with Crippen molar-refractivity contribution in [1.82, 2.24) is 0 Å². The molecule has 13 heavy (non-hydrogen) atoms. The third-order valence-electron chi connectivity index (χ3n) is 2.61. The Morgan fingerprint density at radius 2 is 1.62 bits per heavy atom. The zero-order valence-electron chi connectivity index (χ0n) is 8.55. The van der Waals surface area contributed by atoms with Crippen molar-refractivity contribution in [3.63, 3.8) is 0 Å². The molecule has 1 rings (SSSR count). The minimum absolute atomic E-state index is 0.765. The molecule has 0 aliphatic rings. The molecule has 0 aliphatic carbocycles. The van der Waals surface area contributed by atoms with Crippen LogP contribution in [0.5, 0.6) is 0 Å². The maximum Gasteiger partial charge on any atom is 0.0175 e. The molecule has 1 unspecified atom stereocenters. The molecule has 0 radical (unpaired) electrons. The molecule has 0 amide bonds. The summed E-state index contributed by atoms with van der Waals surface area (Å²) in [7, 11) is 0. The molecule has 1 aromatic carbocycles. The van der Waals surface area contributed by atoms with Crippen molar-refractivity contribution >= 4 is 15.9 Å². The smallest absolute Gasteiger partial charge is 0.0175 e. The molecular weight excluding hydrogens is 224 g/mol. The summed E-state index contributed by atoms with van der Waals surface area (Å²) in [5.74, 6) is 1.53.